The maximum Gasteiger partial charge on any atom is 0.517 e. The number of hydrogen-bond donors (Lipinski definition) is 0. The first kappa shape index (κ1) is 22.8. The van der Waals surface area contributed by atoms with Crippen molar-refractivity contribution in [3.05, 3.63) is 29.8 Å². The lowest BCUT2D eigenvalue weighted by atomic mass is 10.0. The van der Waals surface area contributed by atoms with Crippen molar-refractivity contribution in [2.75, 3.05) is 17.5 Å². The second-order valence-corrected chi connectivity index (χ2v) is 8.62. The van der Waals surface area contributed by atoms with Crippen molar-refractivity contribution in [2.45, 2.75) is 44.8 Å². The fourth-order valence-electron chi connectivity index (χ4n) is 2.65. The normalized spacial score (nSPS) is 16.9. The van der Waals surface area contributed by atoms with Gasteiger partial charge >= 0.3 is 27.7 Å². The summed E-state index contributed by atoms with van der Waals surface area (Å²) in [7, 11) is -6.08. The molecule has 162 valence electrons. The molecule has 0 spiro atoms. The lowest BCUT2D eigenvalue weighted by molar-refractivity contribution is -0.0439. The zero-order valence-corrected chi connectivity index (χ0v) is 16.8. The SMILES string of the molecule is CCOC(=O)N(c1ccccc1CN1CCC(C)(C)OC1=O)S(=O)(=O)C(F)(F)F. The lowest BCUT2D eigenvalue weighted by Gasteiger charge is -2.37. The van der Waals surface area contributed by atoms with Crippen LogP contribution in [0, 0.1) is 0 Å². The molecule has 2 amide bonds. The van der Waals surface area contributed by atoms with E-state index in [1.165, 1.54) is 30.0 Å². The third-order valence-electron chi connectivity index (χ3n) is 4.14. The fourth-order valence-corrected chi connectivity index (χ4v) is 3.54. The molecule has 0 atom stereocenters. The first-order valence-electron chi connectivity index (χ1n) is 8.64. The minimum Gasteiger partial charge on any atom is -0.449 e. The second-order valence-electron chi connectivity index (χ2n) is 6.84. The standard InChI is InChI=1S/C17H21F3N2O6S/c1-4-27-15(24)22(29(25,26)17(18,19)20)13-8-6-5-7-12(13)11-21-10-9-16(2,3)28-14(21)23/h5-8H,4,9-11H2,1-3H3. The van der Waals surface area contributed by atoms with Crippen LogP contribution in [0.4, 0.5) is 28.4 Å². The highest BCUT2D eigenvalue weighted by atomic mass is 32.2. The van der Waals surface area contributed by atoms with E-state index in [0.29, 0.717) is 6.42 Å². The number of nitrogens with zero attached hydrogens (tertiary/aromatic N) is 2. The van der Waals surface area contributed by atoms with Crippen LogP contribution in [0.3, 0.4) is 0 Å². The van der Waals surface area contributed by atoms with Crippen LogP contribution < -0.4 is 4.31 Å². The molecule has 1 saturated heterocycles. The number of sulfonamides is 1. The van der Waals surface area contributed by atoms with Gasteiger partial charge in [0.1, 0.15) is 5.60 Å². The molecular formula is C17H21F3N2O6S. The Bertz CT molecular complexity index is 885. The summed E-state index contributed by atoms with van der Waals surface area (Å²) >= 11 is 0. The summed E-state index contributed by atoms with van der Waals surface area (Å²) in [4.78, 5) is 25.6. The first-order chi connectivity index (χ1) is 13.3. The van der Waals surface area contributed by atoms with Crippen molar-refractivity contribution >= 4 is 27.9 Å². The summed E-state index contributed by atoms with van der Waals surface area (Å²) in [6.07, 6.45) is -1.93. The van der Waals surface area contributed by atoms with Crippen molar-refractivity contribution in [1.29, 1.82) is 0 Å². The second kappa shape index (κ2) is 8.09. The molecule has 29 heavy (non-hydrogen) atoms. The van der Waals surface area contributed by atoms with Crippen LogP contribution in [0.1, 0.15) is 32.8 Å². The van der Waals surface area contributed by atoms with E-state index in [-0.39, 0.29) is 25.3 Å². The lowest BCUT2D eigenvalue weighted by Crippen LogP contribution is -2.47. The summed E-state index contributed by atoms with van der Waals surface area (Å²) in [5.74, 6) is 0. The van der Waals surface area contributed by atoms with Gasteiger partial charge in [-0.25, -0.2) is 9.59 Å². The number of amides is 2. The number of para-hydroxylation sites is 1. The summed E-state index contributed by atoms with van der Waals surface area (Å²) in [6, 6.07) is 5.07. The van der Waals surface area contributed by atoms with Crippen LogP contribution >= 0.6 is 0 Å². The van der Waals surface area contributed by atoms with E-state index in [4.69, 9.17) is 4.74 Å². The van der Waals surface area contributed by atoms with Gasteiger partial charge in [-0.15, -0.1) is 0 Å². The third kappa shape index (κ3) is 4.92. The molecule has 1 fully saturated rings. The molecule has 2 rings (SSSR count). The molecule has 0 N–H and O–H groups in total. The van der Waals surface area contributed by atoms with Gasteiger partial charge in [0.05, 0.1) is 18.8 Å². The van der Waals surface area contributed by atoms with Crippen LogP contribution in [-0.4, -0.2) is 49.8 Å². The van der Waals surface area contributed by atoms with Crippen LogP contribution in [0.5, 0.6) is 0 Å². The molecule has 0 radical (unpaired) electrons. The number of halogens is 3. The Morgan fingerprint density at radius 3 is 2.48 bits per heavy atom. The number of benzene rings is 1. The zero-order chi connectivity index (χ0) is 22.0. The summed E-state index contributed by atoms with van der Waals surface area (Å²) < 4.78 is 73.0. The molecule has 1 aliphatic heterocycles. The monoisotopic (exact) mass is 438 g/mol. The van der Waals surface area contributed by atoms with Gasteiger partial charge in [-0.2, -0.15) is 25.9 Å². The van der Waals surface area contributed by atoms with E-state index in [0.717, 1.165) is 6.07 Å². The highest BCUT2D eigenvalue weighted by molar-refractivity contribution is 7.94. The minimum absolute atomic E-state index is 0.00466. The quantitative estimate of drug-likeness (QED) is 0.697. The molecular weight excluding hydrogens is 417 g/mol. The van der Waals surface area contributed by atoms with Crippen LogP contribution in [0.15, 0.2) is 24.3 Å². The van der Waals surface area contributed by atoms with Gasteiger partial charge in [0, 0.05) is 13.0 Å². The highest BCUT2D eigenvalue weighted by Crippen LogP contribution is 2.34. The predicted octanol–water partition coefficient (Wildman–Crippen LogP) is 3.62. The Morgan fingerprint density at radius 1 is 1.31 bits per heavy atom. The van der Waals surface area contributed by atoms with E-state index in [9.17, 15) is 31.2 Å². The van der Waals surface area contributed by atoms with Gasteiger partial charge < -0.3 is 14.4 Å². The van der Waals surface area contributed by atoms with Crippen LogP contribution in [0.25, 0.3) is 0 Å². The van der Waals surface area contributed by atoms with E-state index in [1.807, 2.05) is 0 Å². The number of carbonyl (C=O) groups is 2. The van der Waals surface area contributed by atoms with Gasteiger partial charge in [-0.05, 0) is 32.4 Å². The molecule has 0 saturated carbocycles. The Morgan fingerprint density at radius 2 is 1.93 bits per heavy atom. The number of rotatable bonds is 5. The average Bonchev–Trinajstić information content (AvgIpc) is 2.57. The number of anilines is 1. The number of hydrogen-bond acceptors (Lipinski definition) is 6. The Labute approximate surface area is 166 Å². The molecule has 0 aromatic heterocycles. The fraction of sp³-hybridized carbons (Fsp3) is 0.529. The first-order valence-corrected chi connectivity index (χ1v) is 10.1. The third-order valence-corrected chi connectivity index (χ3v) is 5.56. The van der Waals surface area contributed by atoms with Crippen LogP contribution in [0.2, 0.25) is 0 Å². The maximum atomic E-state index is 13.2. The summed E-state index contributed by atoms with van der Waals surface area (Å²) in [6.45, 7) is 4.41. The molecule has 0 aliphatic carbocycles. The van der Waals surface area contributed by atoms with Gasteiger partial charge in [-0.3, -0.25) is 0 Å². The summed E-state index contributed by atoms with van der Waals surface area (Å²) in [5.41, 5.74) is -6.98. The van der Waals surface area contributed by atoms with E-state index < -0.39 is 43.3 Å². The Kier molecular flexibility index (Phi) is 6.36. The molecule has 1 heterocycles. The Balaban J connectivity index is 2.47. The maximum absolute atomic E-state index is 13.2. The molecule has 1 aliphatic rings. The van der Waals surface area contributed by atoms with Crippen LogP contribution in [-0.2, 0) is 26.0 Å². The average molecular weight is 438 g/mol. The number of cyclic esters (lactones) is 1. The van der Waals surface area contributed by atoms with E-state index >= 15 is 0 Å². The van der Waals surface area contributed by atoms with Crippen molar-refractivity contribution in [3.63, 3.8) is 0 Å². The molecule has 0 unspecified atom stereocenters. The largest absolute Gasteiger partial charge is 0.517 e. The van der Waals surface area contributed by atoms with Gasteiger partial charge in [-0.1, -0.05) is 18.2 Å². The van der Waals surface area contributed by atoms with Crippen molar-refractivity contribution in [2.24, 2.45) is 0 Å². The topological polar surface area (TPSA) is 93.2 Å². The predicted molar refractivity (Wildman–Crippen MR) is 96.5 cm³/mol. The number of ether oxygens (including phenoxy) is 2. The number of alkyl halides is 3. The molecule has 1 aromatic carbocycles. The van der Waals surface area contributed by atoms with Crippen molar-refractivity contribution in [3.8, 4) is 0 Å². The van der Waals surface area contributed by atoms with E-state index in [2.05, 4.69) is 4.74 Å². The summed E-state index contributed by atoms with van der Waals surface area (Å²) in [5, 5.41) is 0. The Hall–Kier alpha value is -2.50. The van der Waals surface area contributed by atoms with Gasteiger partial charge in [0.15, 0.2) is 0 Å². The van der Waals surface area contributed by atoms with Crippen molar-refractivity contribution in [1.82, 2.24) is 4.90 Å². The molecule has 12 heteroatoms. The van der Waals surface area contributed by atoms with E-state index in [1.54, 1.807) is 13.8 Å². The smallest absolute Gasteiger partial charge is 0.449 e. The minimum atomic E-state index is -6.08. The zero-order valence-electron chi connectivity index (χ0n) is 16.0. The molecule has 8 nitrogen and oxygen atoms in total. The highest BCUT2D eigenvalue weighted by Gasteiger charge is 2.53. The molecule has 0 bridgehead atoms. The number of carbonyl (C=O) groups excluding carboxylic acids is 2. The van der Waals surface area contributed by atoms with Crippen molar-refractivity contribution < 1.29 is 40.7 Å². The van der Waals surface area contributed by atoms with Gasteiger partial charge in [0.25, 0.3) is 0 Å². The molecule has 1 aromatic rings. The van der Waals surface area contributed by atoms with Gasteiger partial charge in [0.2, 0.25) is 0 Å².